The lowest BCUT2D eigenvalue weighted by atomic mass is 10.1. The summed E-state index contributed by atoms with van der Waals surface area (Å²) in [7, 11) is 0. The van der Waals surface area contributed by atoms with Crippen LogP contribution >= 0.6 is 38.9 Å². The van der Waals surface area contributed by atoms with Crippen LogP contribution in [0.4, 0.5) is 4.39 Å². The van der Waals surface area contributed by atoms with Crippen LogP contribution in [0.2, 0.25) is 5.02 Å². The van der Waals surface area contributed by atoms with Crippen LogP contribution in [0, 0.1) is 5.82 Å². The monoisotopic (exact) mass is 319 g/mol. The zero-order valence-electron chi connectivity index (χ0n) is 8.08. The normalized spacial score (nSPS) is 12.8. The highest BCUT2D eigenvalue weighted by atomic mass is 79.9. The van der Waals surface area contributed by atoms with Crippen molar-refractivity contribution in [1.29, 1.82) is 0 Å². The van der Waals surface area contributed by atoms with E-state index in [1.807, 2.05) is 11.4 Å². The summed E-state index contributed by atoms with van der Waals surface area (Å²) in [5.41, 5.74) is 6.43. The largest absolute Gasteiger partial charge is 0.319 e. The average Bonchev–Trinajstić information content (AvgIpc) is 2.67. The molecule has 0 saturated carbocycles. The first-order valence-corrected chi connectivity index (χ1v) is 6.58. The number of nitrogens with two attached hydrogens (primary N) is 1. The van der Waals surface area contributed by atoms with Crippen molar-refractivity contribution in [3.05, 3.63) is 55.4 Å². The lowest BCUT2D eigenvalue weighted by Crippen LogP contribution is -2.12. The van der Waals surface area contributed by atoms with Gasteiger partial charge in [0.2, 0.25) is 0 Å². The first kappa shape index (κ1) is 12.0. The van der Waals surface area contributed by atoms with E-state index in [1.54, 1.807) is 6.07 Å². The van der Waals surface area contributed by atoms with Gasteiger partial charge in [-0.3, -0.25) is 0 Å². The van der Waals surface area contributed by atoms with E-state index < -0.39 is 6.04 Å². The molecule has 2 rings (SSSR count). The fourth-order valence-corrected chi connectivity index (χ4v) is 3.24. The first-order valence-electron chi connectivity index (χ1n) is 4.53. The molecule has 0 bridgehead atoms. The number of benzene rings is 1. The summed E-state index contributed by atoms with van der Waals surface area (Å²) in [5.74, 6) is -0.336. The molecule has 1 atom stereocenters. The molecule has 1 aromatic heterocycles. The molecule has 0 amide bonds. The van der Waals surface area contributed by atoms with Crippen molar-refractivity contribution in [3.8, 4) is 0 Å². The van der Waals surface area contributed by atoms with E-state index in [1.165, 1.54) is 23.5 Å². The molecule has 0 aliphatic heterocycles. The fourth-order valence-electron chi connectivity index (χ4n) is 1.42. The molecule has 1 nitrogen and oxygen atoms in total. The van der Waals surface area contributed by atoms with Crippen molar-refractivity contribution in [2.24, 2.45) is 5.73 Å². The molecule has 2 aromatic rings. The van der Waals surface area contributed by atoms with Gasteiger partial charge in [-0.05, 0) is 45.6 Å². The topological polar surface area (TPSA) is 26.0 Å². The molecule has 0 spiro atoms. The summed E-state index contributed by atoms with van der Waals surface area (Å²) in [4.78, 5) is 0.890. The van der Waals surface area contributed by atoms with Crippen LogP contribution in [0.25, 0.3) is 0 Å². The van der Waals surface area contributed by atoms with Gasteiger partial charge in [-0.15, -0.1) is 11.3 Å². The third kappa shape index (κ3) is 2.30. The van der Waals surface area contributed by atoms with Crippen LogP contribution < -0.4 is 5.73 Å². The molecule has 1 heterocycles. The van der Waals surface area contributed by atoms with E-state index >= 15 is 0 Å². The summed E-state index contributed by atoms with van der Waals surface area (Å²) in [5, 5.41) is 2.39. The second-order valence-electron chi connectivity index (χ2n) is 3.28. The molecule has 0 fully saturated rings. The molecule has 1 aromatic carbocycles. The minimum absolute atomic E-state index is 0.336. The molecule has 0 aliphatic rings. The fraction of sp³-hybridized carbons (Fsp3) is 0.0909. The Bertz CT molecular complexity index is 514. The van der Waals surface area contributed by atoms with E-state index in [4.69, 9.17) is 17.3 Å². The predicted octanol–water partition coefficient (Wildman–Crippen LogP) is 4.35. The Morgan fingerprint density at radius 2 is 2.12 bits per heavy atom. The van der Waals surface area contributed by atoms with Crippen molar-refractivity contribution in [2.75, 3.05) is 0 Å². The van der Waals surface area contributed by atoms with Gasteiger partial charge in [-0.1, -0.05) is 11.6 Å². The maximum Gasteiger partial charge on any atom is 0.128 e. The van der Waals surface area contributed by atoms with Gasteiger partial charge in [0.1, 0.15) is 5.82 Å². The van der Waals surface area contributed by atoms with Crippen molar-refractivity contribution in [3.63, 3.8) is 0 Å². The molecular weight excluding hydrogens is 313 g/mol. The molecule has 5 heteroatoms. The van der Waals surface area contributed by atoms with Gasteiger partial charge in [0, 0.05) is 19.9 Å². The van der Waals surface area contributed by atoms with Gasteiger partial charge in [-0.25, -0.2) is 4.39 Å². The quantitative estimate of drug-likeness (QED) is 0.874. The van der Waals surface area contributed by atoms with Gasteiger partial charge >= 0.3 is 0 Å². The maximum absolute atomic E-state index is 13.6. The van der Waals surface area contributed by atoms with Crippen LogP contribution in [0.5, 0.6) is 0 Å². The van der Waals surface area contributed by atoms with Crippen molar-refractivity contribution < 1.29 is 4.39 Å². The second kappa shape index (κ2) is 4.84. The summed E-state index contributed by atoms with van der Waals surface area (Å²) in [6.45, 7) is 0. The molecule has 16 heavy (non-hydrogen) atoms. The molecular formula is C11H8BrClFNS. The third-order valence-electron chi connectivity index (χ3n) is 2.22. The van der Waals surface area contributed by atoms with E-state index in [0.29, 0.717) is 10.6 Å². The van der Waals surface area contributed by atoms with Crippen LogP contribution in [-0.4, -0.2) is 0 Å². The molecule has 0 saturated heterocycles. The number of rotatable bonds is 2. The van der Waals surface area contributed by atoms with E-state index in [2.05, 4.69) is 15.9 Å². The van der Waals surface area contributed by atoms with Crippen LogP contribution in [-0.2, 0) is 0 Å². The average molecular weight is 321 g/mol. The molecule has 2 N–H and O–H groups in total. The molecule has 0 aliphatic carbocycles. The molecule has 0 radical (unpaired) electrons. The van der Waals surface area contributed by atoms with Crippen LogP contribution in [0.1, 0.15) is 16.5 Å². The summed E-state index contributed by atoms with van der Waals surface area (Å²) >= 11 is 10.7. The zero-order chi connectivity index (χ0) is 11.7. The summed E-state index contributed by atoms with van der Waals surface area (Å²) < 4.78 is 14.5. The Morgan fingerprint density at radius 1 is 1.38 bits per heavy atom. The van der Waals surface area contributed by atoms with Gasteiger partial charge in [0.15, 0.2) is 0 Å². The zero-order valence-corrected chi connectivity index (χ0v) is 11.2. The number of halogens is 3. The van der Waals surface area contributed by atoms with Gasteiger partial charge in [-0.2, -0.15) is 0 Å². The predicted molar refractivity (Wildman–Crippen MR) is 69.5 cm³/mol. The summed E-state index contributed by atoms with van der Waals surface area (Å²) in [6, 6.07) is 5.80. The Hall–Kier alpha value is -0.420. The number of hydrogen-bond acceptors (Lipinski definition) is 2. The van der Waals surface area contributed by atoms with E-state index in [9.17, 15) is 4.39 Å². The highest BCUT2D eigenvalue weighted by Crippen LogP contribution is 2.33. The minimum atomic E-state index is -0.493. The van der Waals surface area contributed by atoms with E-state index in [-0.39, 0.29) is 5.82 Å². The summed E-state index contributed by atoms with van der Waals surface area (Å²) in [6.07, 6.45) is 0. The van der Waals surface area contributed by atoms with Crippen molar-refractivity contribution >= 4 is 38.9 Å². The SMILES string of the molecule is NC(c1cc(Cl)ccc1F)c1sccc1Br. The Morgan fingerprint density at radius 3 is 2.75 bits per heavy atom. The van der Waals surface area contributed by atoms with Crippen LogP contribution in [0.15, 0.2) is 34.1 Å². The standard InChI is InChI=1S/C11H8BrClFNS/c12-8-3-4-16-11(8)10(15)7-5-6(13)1-2-9(7)14/h1-5,10H,15H2. The Labute approximate surface area is 110 Å². The first-order chi connectivity index (χ1) is 7.59. The van der Waals surface area contributed by atoms with E-state index in [0.717, 1.165) is 9.35 Å². The number of thiophene rings is 1. The third-order valence-corrected chi connectivity index (χ3v) is 4.41. The van der Waals surface area contributed by atoms with Gasteiger partial charge in [0.25, 0.3) is 0 Å². The lowest BCUT2D eigenvalue weighted by molar-refractivity contribution is 0.601. The highest BCUT2D eigenvalue weighted by molar-refractivity contribution is 9.10. The van der Waals surface area contributed by atoms with Crippen molar-refractivity contribution in [2.45, 2.75) is 6.04 Å². The lowest BCUT2D eigenvalue weighted by Gasteiger charge is -2.12. The highest BCUT2D eigenvalue weighted by Gasteiger charge is 2.17. The maximum atomic E-state index is 13.6. The van der Waals surface area contributed by atoms with Gasteiger partial charge in [0.05, 0.1) is 6.04 Å². The van der Waals surface area contributed by atoms with Gasteiger partial charge < -0.3 is 5.73 Å². The minimum Gasteiger partial charge on any atom is -0.319 e. The Kier molecular flexibility index (Phi) is 3.64. The smallest absolute Gasteiger partial charge is 0.128 e. The molecule has 84 valence electrons. The molecule has 1 unspecified atom stereocenters. The Balaban J connectivity index is 2.45. The second-order valence-corrected chi connectivity index (χ2v) is 5.51. The van der Waals surface area contributed by atoms with Crippen LogP contribution in [0.3, 0.4) is 0 Å². The number of hydrogen-bond donors (Lipinski definition) is 1. The van der Waals surface area contributed by atoms with Crippen molar-refractivity contribution in [1.82, 2.24) is 0 Å².